The summed E-state index contributed by atoms with van der Waals surface area (Å²) in [6.07, 6.45) is 3.42. The van der Waals surface area contributed by atoms with Crippen molar-refractivity contribution in [2.45, 2.75) is 25.3 Å². The average Bonchev–Trinajstić information content (AvgIpc) is 2.59. The van der Waals surface area contributed by atoms with Gasteiger partial charge in [0.2, 0.25) is 0 Å². The van der Waals surface area contributed by atoms with E-state index in [2.05, 4.69) is 5.32 Å². The number of urea groups is 1. The van der Waals surface area contributed by atoms with Gasteiger partial charge in [-0.1, -0.05) is 0 Å². The molecule has 1 saturated carbocycles. The highest BCUT2D eigenvalue weighted by Crippen LogP contribution is 2.35. The molecule has 3 atom stereocenters. The zero-order chi connectivity index (χ0) is 10.1. The molecule has 3 N–H and O–H groups in total. The summed E-state index contributed by atoms with van der Waals surface area (Å²) in [5.41, 5.74) is 5.93. The van der Waals surface area contributed by atoms with Gasteiger partial charge in [0.05, 0.1) is 0 Å². The standard InChI is InChI=1S/C10H19N3O/c1-12-10(14)13-5-7-2-3-9(11)4-8(7)6-13/h7-9H,2-6,11H2,1H3,(H,12,14)/t7-,8+,9?/m1/s1. The van der Waals surface area contributed by atoms with Gasteiger partial charge in [0.15, 0.2) is 0 Å². The predicted octanol–water partition coefficient (Wildman–Crippen LogP) is 0.385. The number of nitrogens with two attached hydrogens (primary N) is 1. The van der Waals surface area contributed by atoms with Crippen LogP contribution >= 0.6 is 0 Å². The van der Waals surface area contributed by atoms with Crippen LogP contribution in [0.2, 0.25) is 0 Å². The third-order valence-corrected chi connectivity index (χ3v) is 3.59. The monoisotopic (exact) mass is 197 g/mol. The van der Waals surface area contributed by atoms with E-state index in [9.17, 15) is 4.79 Å². The summed E-state index contributed by atoms with van der Waals surface area (Å²) in [6.45, 7) is 1.83. The van der Waals surface area contributed by atoms with Gasteiger partial charge >= 0.3 is 6.03 Å². The van der Waals surface area contributed by atoms with Crippen LogP contribution in [0.1, 0.15) is 19.3 Å². The Morgan fingerprint density at radius 3 is 2.79 bits per heavy atom. The van der Waals surface area contributed by atoms with Crippen molar-refractivity contribution in [1.29, 1.82) is 0 Å². The SMILES string of the molecule is CNC(=O)N1C[C@H]2CCC(N)C[C@H]2C1. The minimum Gasteiger partial charge on any atom is -0.341 e. The second-order valence-electron chi connectivity index (χ2n) is 4.55. The molecular weight excluding hydrogens is 178 g/mol. The summed E-state index contributed by atoms with van der Waals surface area (Å²) < 4.78 is 0. The average molecular weight is 197 g/mol. The number of hydrogen-bond donors (Lipinski definition) is 2. The van der Waals surface area contributed by atoms with Crippen molar-refractivity contribution in [3.05, 3.63) is 0 Å². The van der Waals surface area contributed by atoms with Crippen LogP contribution in [0.25, 0.3) is 0 Å². The number of fused-ring (bicyclic) bond motifs is 1. The van der Waals surface area contributed by atoms with Crippen molar-refractivity contribution in [1.82, 2.24) is 10.2 Å². The molecule has 4 nitrogen and oxygen atoms in total. The van der Waals surface area contributed by atoms with Crippen LogP contribution in [0.5, 0.6) is 0 Å². The lowest BCUT2D eigenvalue weighted by Gasteiger charge is -2.27. The number of carbonyl (C=O) groups excluding carboxylic acids is 1. The van der Waals surface area contributed by atoms with Crippen LogP contribution in [-0.2, 0) is 0 Å². The second-order valence-corrected chi connectivity index (χ2v) is 4.55. The lowest BCUT2D eigenvalue weighted by Crippen LogP contribution is -2.36. The Labute approximate surface area is 84.8 Å². The van der Waals surface area contributed by atoms with Crippen molar-refractivity contribution in [2.75, 3.05) is 20.1 Å². The Morgan fingerprint density at radius 2 is 2.07 bits per heavy atom. The van der Waals surface area contributed by atoms with Gasteiger partial charge in [-0.05, 0) is 31.1 Å². The van der Waals surface area contributed by atoms with Crippen LogP contribution in [0, 0.1) is 11.8 Å². The Kier molecular flexibility index (Phi) is 2.63. The molecular formula is C10H19N3O. The topological polar surface area (TPSA) is 58.4 Å². The van der Waals surface area contributed by atoms with Gasteiger partial charge in [0, 0.05) is 26.2 Å². The molecule has 1 aliphatic heterocycles. The van der Waals surface area contributed by atoms with E-state index in [1.165, 1.54) is 6.42 Å². The van der Waals surface area contributed by atoms with Crippen molar-refractivity contribution >= 4 is 6.03 Å². The molecule has 0 bridgehead atoms. The van der Waals surface area contributed by atoms with Crippen LogP contribution < -0.4 is 11.1 Å². The Morgan fingerprint density at radius 1 is 1.36 bits per heavy atom. The molecule has 0 aromatic heterocycles. The fourth-order valence-electron chi connectivity index (χ4n) is 2.79. The summed E-state index contributed by atoms with van der Waals surface area (Å²) in [6, 6.07) is 0.425. The van der Waals surface area contributed by atoms with Gasteiger partial charge in [0.25, 0.3) is 0 Å². The van der Waals surface area contributed by atoms with Crippen LogP contribution in [0.15, 0.2) is 0 Å². The zero-order valence-corrected chi connectivity index (χ0v) is 8.70. The van der Waals surface area contributed by atoms with Gasteiger partial charge < -0.3 is 16.0 Å². The molecule has 0 radical (unpaired) electrons. The minimum absolute atomic E-state index is 0.0629. The molecule has 1 unspecified atom stereocenters. The molecule has 80 valence electrons. The summed E-state index contributed by atoms with van der Waals surface area (Å²) in [5.74, 6) is 1.35. The predicted molar refractivity (Wildman–Crippen MR) is 54.8 cm³/mol. The van der Waals surface area contributed by atoms with E-state index in [1.807, 2.05) is 4.90 Å². The number of nitrogens with one attached hydrogen (secondary N) is 1. The van der Waals surface area contributed by atoms with Gasteiger partial charge in [-0.25, -0.2) is 4.79 Å². The lowest BCUT2D eigenvalue weighted by molar-refractivity contribution is 0.208. The number of hydrogen-bond acceptors (Lipinski definition) is 2. The first-order valence-electron chi connectivity index (χ1n) is 5.43. The van der Waals surface area contributed by atoms with Gasteiger partial charge in [-0.15, -0.1) is 0 Å². The number of carbonyl (C=O) groups is 1. The van der Waals surface area contributed by atoms with E-state index in [0.29, 0.717) is 17.9 Å². The maximum absolute atomic E-state index is 11.4. The largest absolute Gasteiger partial charge is 0.341 e. The zero-order valence-electron chi connectivity index (χ0n) is 8.70. The fraction of sp³-hybridized carbons (Fsp3) is 0.900. The summed E-state index contributed by atoms with van der Waals surface area (Å²) >= 11 is 0. The summed E-state index contributed by atoms with van der Waals surface area (Å²) in [4.78, 5) is 13.3. The number of amides is 2. The Balaban J connectivity index is 1.95. The summed E-state index contributed by atoms with van der Waals surface area (Å²) in [5, 5.41) is 2.68. The smallest absolute Gasteiger partial charge is 0.317 e. The highest BCUT2D eigenvalue weighted by atomic mass is 16.2. The second kappa shape index (κ2) is 3.77. The third-order valence-electron chi connectivity index (χ3n) is 3.59. The Hall–Kier alpha value is -0.770. The molecule has 2 fully saturated rings. The molecule has 0 aromatic rings. The number of nitrogens with zero attached hydrogens (tertiary/aromatic N) is 1. The molecule has 2 amide bonds. The Bertz CT molecular complexity index is 231. The minimum atomic E-state index is 0.0629. The van der Waals surface area contributed by atoms with E-state index in [0.717, 1.165) is 25.9 Å². The van der Waals surface area contributed by atoms with Crippen molar-refractivity contribution < 1.29 is 4.79 Å². The lowest BCUT2D eigenvalue weighted by atomic mass is 9.79. The third kappa shape index (κ3) is 1.71. The molecule has 14 heavy (non-hydrogen) atoms. The highest BCUT2D eigenvalue weighted by Gasteiger charge is 2.38. The van der Waals surface area contributed by atoms with E-state index in [1.54, 1.807) is 7.05 Å². The van der Waals surface area contributed by atoms with Gasteiger partial charge in [0.1, 0.15) is 0 Å². The number of likely N-dealkylation sites (tertiary alicyclic amines) is 1. The molecule has 1 heterocycles. The quantitative estimate of drug-likeness (QED) is 0.590. The maximum Gasteiger partial charge on any atom is 0.317 e. The first-order chi connectivity index (χ1) is 6.70. The molecule has 2 rings (SSSR count). The highest BCUT2D eigenvalue weighted by molar-refractivity contribution is 5.74. The van der Waals surface area contributed by atoms with E-state index in [-0.39, 0.29) is 6.03 Å². The van der Waals surface area contributed by atoms with Crippen LogP contribution in [0.3, 0.4) is 0 Å². The van der Waals surface area contributed by atoms with E-state index in [4.69, 9.17) is 5.73 Å². The van der Waals surface area contributed by atoms with Crippen LogP contribution in [0.4, 0.5) is 4.79 Å². The molecule has 1 aliphatic carbocycles. The molecule has 4 heteroatoms. The molecule has 0 spiro atoms. The summed E-state index contributed by atoms with van der Waals surface area (Å²) in [7, 11) is 1.69. The fourth-order valence-corrected chi connectivity index (χ4v) is 2.79. The van der Waals surface area contributed by atoms with E-state index >= 15 is 0 Å². The molecule has 2 aliphatic rings. The van der Waals surface area contributed by atoms with Crippen LogP contribution in [-0.4, -0.2) is 37.1 Å². The van der Waals surface area contributed by atoms with Crippen molar-refractivity contribution in [3.63, 3.8) is 0 Å². The molecule has 0 aromatic carbocycles. The van der Waals surface area contributed by atoms with Gasteiger partial charge in [-0.3, -0.25) is 0 Å². The van der Waals surface area contributed by atoms with Gasteiger partial charge in [-0.2, -0.15) is 0 Å². The van der Waals surface area contributed by atoms with E-state index < -0.39 is 0 Å². The number of rotatable bonds is 0. The first-order valence-corrected chi connectivity index (χ1v) is 5.43. The molecule has 1 saturated heterocycles. The van der Waals surface area contributed by atoms with Crippen molar-refractivity contribution in [3.8, 4) is 0 Å². The maximum atomic E-state index is 11.4. The van der Waals surface area contributed by atoms with Crippen molar-refractivity contribution in [2.24, 2.45) is 17.6 Å². The normalized spacial score (nSPS) is 36.7. The first kappa shape index (κ1) is 9.77.